The van der Waals surface area contributed by atoms with Gasteiger partial charge in [0, 0.05) is 49.9 Å². The van der Waals surface area contributed by atoms with Crippen LogP contribution < -0.4 is 11.1 Å². The fraction of sp³-hybridized carbons (Fsp3) is 0.429. The Kier molecular flexibility index (Phi) is 7.31. The zero-order valence-corrected chi connectivity index (χ0v) is 17.7. The highest BCUT2D eigenvalue weighted by atomic mass is 16.5. The normalized spacial score (nSPS) is 13.2. The topological polar surface area (TPSA) is 119 Å². The van der Waals surface area contributed by atoms with Gasteiger partial charge in [-0.05, 0) is 18.9 Å². The van der Waals surface area contributed by atoms with E-state index < -0.39 is 0 Å². The molecule has 3 rings (SSSR count). The second-order valence-electron chi connectivity index (χ2n) is 7.06. The van der Waals surface area contributed by atoms with Gasteiger partial charge in [0.25, 0.3) is 0 Å². The van der Waals surface area contributed by atoms with Gasteiger partial charge < -0.3 is 21.2 Å². The number of rotatable bonds is 11. The van der Waals surface area contributed by atoms with Crippen LogP contribution in [0.4, 0.5) is 0 Å². The van der Waals surface area contributed by atoms with Crippen LogP contribution >= 0.6 is 0 Å². The van der Waals surface area contributed by atoms with Crippen LogP contribution in [0.1, 0.15) is 38.4 Å². The van der Waals surface area contributed by atoms with Crippen LogP contribution in [0.2, 0.25) is 0 Å². The summed E-state index contributed by atoms with van der Waals surface area (Å²) in [6, 6.07) is 2.29. The van der Waals surface area contributed by atoms with Crippen molar-refractivity contribution >= 4 is 17.3 Å². The van der Waals surface area contributed by atoms with Crippen LogP contribution in [-0.4, -0.2) is 56.9 Å². The number of methoxy groups -OCH3 is 1. The van der Waals surface area contributed by atoms with Crippen molar-refractivity contribution in [2.45, 2.75) is 38.8 Å². The lowest BCUT2D eigenvalue weighted by Crippen LogP contribution is -2.32. The van der Waals surface area contributed by atoms with Crippen molar-refractivity contribution < 1.29 is 4.74 Å². The molecule has 0 saturated carbocycles. The largest absolute Gasteiger partial charge is 0.388 e. The molecular weight excluding hydrogens is 380 g/mol. The smallest absolute Gasteiger partial charge is 0.0999 e. The lowest BCUT2D eigenvalue weighted by Gasteiger charge is -2.13. The first-order valence-electron chi connectivity index (χ1n) is 10.2. The van der Waals surface area contributed by atoms with Crippen molar-refractivity contribution in [3.8, 4) is 11.3 Å². The lowest BCUT2D eigenvalue weighted by atomic mass is 10.1. The van der Waals surface area contributed by atoms with Gasteiger partial charge in [0.2, 0.25) is 0 Å². The second kappa shape index (κ2) is 10.1. The van der Waals surface area contributed by atoms with E-state index in [0.29, 0.717) is 30.4 Å². The standard InChI is InChI=1S/C21H30N8O/c1-4-17(5-2)28-13-16(11-26-28)21-20-6-7-25-29(20)14-19(27-21)15(8-22)10-24-12-18(9-23)30-3/h6-8,10-11,13-14,17-18,22,24H,4-5,9,12,23H2,1-3H3/b15-10+,22-8?/t18-/m0/s1. The van der Waals surface area contributed by atoms with Crippen molar-refractivity contribution in [3.05, 3.63) is 42.7 Å². The first-order chi connectivity index (χ1) is 14.6. The van der Waals surface area contributed by atoms with Gasteiger partial charge in [-0.2, -0.15) is 10.2 Å². The SMILES string of the molecule is CCC(CC)n1cc(-c2nc(/C(C=N)=C/NC[C@H](CN)OC)cn3nccc23)cn1. The van der Waals surface area contributed by atoms with Crippen molar-refractivity contribution in [2.75, 3.05) is 20.2 Å². The number of allylic oxidation sites excluding steroid dienone is 1. The van der Waals surface area contributed by atoms with Gasteiger partial charge in [-0.25, -0.2) is 9.50 Å². The molecule has 0 aromatic carbocycles. The number of nitrogens with zero attached hydrogens (tertiary/aromatic N) is 5. The predicted molar refractivity (Wildman–Crippen MR) is 118 cm³/mol. The third-order valence-electron chi connectivity index (χ3n) is 5.23. The Morgan fingerprint density at radius 3 is 2.77 bits per heavy atom. The number of ether oxygens (including phenoxy) is 1. The van der Waals surface area contributed by atoms with E-state index in [1.54, 1.807) is 24.0 Å². The molecule has 0 fully saturated rings. The number of nitrogens with one attached hydrogen (secondary N) is 2. The van der Waals surface area contributed by atoms with Crippen molar-refractivity contribution in [1.82, 2.24) is 29.7 Å². The maximum absolute atomic E-state index is 7.85. The summed E-state index contributed by atoms with van der Waals surface area (Å²) in [7, 11) is 1.63. The molecule has 9 nitrogen and oxygen atoms in total. The molecule has 3 aromatic rings. The highest BCUT2D eigenvalue weighted by Gasteiger charge is 2.15. The molecular formula is C21H30N8O. The number of nitrogens with two attached hydrogens (primary N) is 1. The molecule has 9 heteroatoms. The molecule has 4 N–H and O–H groups in total. The number of hydrogen-bond donors (Lipinski definition) is 3. The molecule has 0 unspecified atom stereocenters. The van der Waals surface area contributed by atoms with Gasteiger partial charge in [0.05, 0.1) is 47.6 Å². The number of hydrogen-bond acceptors (Lipinski definition) is 7. The minimum Gasteiger partial charge on any atom is -0.388 e. The molecule has 3 heterocycles. The Morgan fingerprint density at radius 1 is 1.30 bits per heavy atom. The summed E-state index contributed by atoms with van der Waals surface area (Å²) in [6.45, 7) is 5.29. The summed E-state index contributed by atoms with van der Waals surface area (Å²) in [6.07, 6.45) is 12.4. The van der Waals surface area contributed by atoms with E-state index in [-0.39, 0.29) is 6.10 Å². The highest BCUT2D eigenvalue weighted by molar-refractivity contribution is 6.07. The monoisotopic (exact) mass is 410 g/mol. The van der Waals surface area contributed by atoms with Crippen molar-refractivity contribution in [1.29, 1.82) is 5.41 Å². The summed E-state index contributed by atoms with van der Waals surface area (Å²) in [4.78, 5) is 4.85. The molecule has 0 saturated heterocycles. The zero-order chi connectivity index (χ0) is 21.5. The zero-order valence-electron chi connectivity index (χ0n) is 17.7. The number of aromatic nitrogens is 5. The Morgan fingerprint density at radius 2 is 2.10 bits per heavy atom. The Labute approximate surface area is 176 Å². The first-order valence-corrected chi connectivity index (χ1v) is 10.2. The van der Waals surface area contributed by atoms with Gasteiger partial charge in [-0.15, -0.1) is 0 Å². The van der Waals surface area contributed by atoms with Gasteiger partial charge in [0.15, 0.2) is 0 Å². The van der Waals surface area contributed by atoms with E-state index in [1.165, 1.54) is 6.21 Å². The molecule has 3 aromatic heterocycles. The van der Waals surface area contributed by atoms with Crippen molar-refractivity contribution in [2.24, 2.45) is 5.73 Å². The molecule has 0 spiro atoms. The molecule has 30 heavy (non-hydrogen) atoms. The molecule has 160 valence electrons. The van der Waals surface area contributed by atoms with E-state index in [2.05, 4.69) is 29.4 Å². The quantitative estimate of drug-likeness (QED) is 0.418. The predicted octanol–water partition coefficient (Wildman–Crippen LogP) is 2.51. The van der Waals surface area contributed by atoms with E-state index in [9.17, 15) is 0 Å². The van der Waals surface area contributed by atoms with E-state index in [0.717, 1.165) is 29.6 Å². The average Bonchev–Trinajstić information content (AvgIpc) is 3.44. The van der Waals surface area contributed by atoms with E-state index in [1.807, 2.05) is 29.3 Å². The molecule has 0 bridgehead atoms. The van der Waals surface area contributed by atoms with Crippen LogP contribution in [0.25, 0.3) is 22.3 Å². The van der Waals surface area contributed by atoms with Crippen molar-refractivity contribution in [3.63, 3.8) is 0 Å². The van der Waals surface area contributed by atoms with Gasteiger partial charge in [0.1, 0.15) is 0 Å². The second-order valence-corrected chi connectivity index (χ2v) is 7.06. The van der Waals surface area contributed by atoms with Crippen LogP contribution in [0.15, 0.2) is 37.1 Å². The maximum atomic E-state index is 7.85. The van der Waals surface area contributed by atoms with E-state index >= 15 is 0 Å². The highest BCUT2D eigenvalue weighted by Crippen LogP contribution is 2.26. The Bertz CT molecular complexity index is 998. The minimum atomic E-state index is -0.0961. The number of fused-ring (bicyclic) bond motifs is 1. The Hall–Kier alpha value is -3.04. The van der Waals surface area contributed by atoms with Gasteiger partial charge >= 0.3 is 0 Å². The molecule has 0 aliphatic rings. The third-order valence-corrected chi connectivity index (χ3v) is 5.23. The van der Waals surface area contributed by atoms with Crippen LogP contribution in [0.5, 0.6) is 0 Å². The summed E-state index contributed by atoms with van der Waals surface area (Å²) in [5, 5.41) is 20.0. The summed E-state index contributed by atoms with van der Waals surface area (Å²) >= 11 is 0. The van der Waals surface area contributed by atoms with Gasteiger partial charge in [-0.1, -0.05) is 13.8 Å². The minimum absolute atomic E-state index is 0.0961. The van der Waals surface area contributed by atoms with E-state index in [4.69, 9.17) is 20.9 Å². The first kappa shape index (κ1) is 21.7. The summed E-state index contributed by atoms with van der Waals surface area (Å²) in [5.74, 6) is 0. The maximum Gasteiger partial charge on any atom is 0.0999 e. The lowest BCUT2D eigenvalue weighted by molar-refractivity contribution is 0.111. The fourth-order valence-corrected chi connectivity index (χ4v) is 3.35. The Balaban J connectivity index is 1.97. The van der Waals surface area contributed by atoms with Crippen LogP contribution in [0, 0.1) is 5.41 Å². The third kappa shape index (κ3) is 4.58. The van der Waals surface area contributed by atoms with Crippen LogP contribution in [-0.2, 0) is 4.74 Å². The van der Waals surface area contributed by atoms with Crippen LogP contribution in [0.3, 0.4) is 0 Å². The molecule has 0 radical (unpaired) electrons. The summed E-state index contributed by atoms with van der Waals surface area (Å²) in [5.41, 5.74) is 9.53. The molecule has 0 amide bonds. The van der Waals surface area contributed by atoms with Gasteiger partial charge in [-0.3, -0.25) is 4.68 Å². The molecule has 0 aliphatic heterocycles. The summed E-state index contributed by atoms with van der Waals surface area (Å²) < 4.78 is 9.05. The fourth-order valence-electron chi connectivity index (χ4n) is 3.35. The molecule has 0 aliphatic carbocycles. The molecule has 1 atom stereocenters. The average molecular weight is 411 g/mol.